The molecule has 3 amide bonds. The SMILES string of the molecule is CN(C)C(C(=O)N1CCCC1c1ncc(C2CCC(c3ccc(-c4cnc(C5CCCN5C(=O)C(NC(=O)C5CC5)c5ccccc5)[nH]4)cc3)CC2)[nH]1)c1ccccc1. The molecule has 3 N–H and O–H groups in total. The zero-order chi connectivity index (χ0) is 40.5. The number of nitrogens with zero attached hydrogens (tertiary/aromatic N) is 5. The van der Waals surface area contributed by atoms with Crippen molar-refractivity contribution >= 4 is 17.7 Å². The molecular weight excluding hydrogens is 737 g/mol. The normalized spacial score (nSPS) is 23.0. The summed E-state index contributed by atoms with van der Waals surface area (Å²) in [7, 11) is 3.95. The maximum Gasteiger partial charge on any atom is 0.250 e. The number of aromatic nitrogens is 4. The second-order valence-corrected chi connectivity index (χ2v) is 17.4. The Morgan fingerprint density at radius 1 is 0.661 bits per heavy atom. The molecule has 2 saturated carbocycles. The van der Waals surface area contributed by atoms with Crippen LogP contribution >= 0.6 is 0 Å². The van der Waals surface area contributed by atoms with Gasteiger partial charge >= 0.3 is 0 Å². The number of aromatic amines is 2. The molecule has 2 aromatic heterocycles. The molecule has 4 fully saturated rings. The number of rotatable bonds is 12. The fraction of sp³-hybridized carbons (Fsp3) is 0.438. The second-order valence-electron chi connectivity index (χ2n) is 17.4. The fourth-order valence-corrected chi connectivity index (χ4v) is 9.84. The zero-order valence-electron chi connectivity index (χ0n) is 34.2. The lowest BCUT2D eigenvalue weighted by Crippen LogP contribution is -2.43. The average molecular weight is 793 g/mol. The topological polar surface area (TPSA) is 130 Å². The highest BCUT2D eigenvalue weighted by atomic mass is 16.2. The molecule has 0 bridgehead atoms. The Hall–Kier alpha value is -5.55. The van der Waals surface area contributed by atoms with E-state index in [0.717, 1.165) is 105 Å². The van der Waals surface area contributed by atoms with Crippen molar-refractivity contribution in [3.63, 3.8) is 0 Å². The summed E-state index contributed by atoms with van der Waals surface area (Å²) in [5.74, 6) is 2.67. The van der Waals surface area contributed by atoms with Gasteiger partial charge < -0.3 is 25.1 Å². The largest absolute Gasteiger partial charge is 0.344 e. The first kappa shape index (κ1) is 38.9. The first-order chi connectivity index (χ1) is 28.8. The predicted octanol–water partition coefficient (Wildman–Crippen LogP) is 8.14. The molecule has 0 radical (unpaired) electrons. The minimum absolute atomic E-state index is 0.0178. The standard InChI is InChI=1S/C48H56N8O3/c1-54(2)43(36-13-7-4-8-14-36)48(59)56-28-10-16-41(56)45-50-30-39(52-45)34-23-19-32(20-24-34)31-17-21-33(22-18-31)38-29-49-44(51-38)40-15-9-27-55(40)47(58)42(35-11-5-3-6-12-35)53-46(57)37-25-26-37/h3-8,11-14,17-18,21-22,29-30,32,34,37,40-43H,9-10,15-16,19-20,23-28H2,1-2H3,(H,49,51)(H,50,52)(H,53,57). The second kappa shape index (κ2) is 17.0. The Morgan fingerprint density at radius 3 is 1.86 bits per heavy atom. The van der Waals surface area contributed by atoms with E-state index in [0.29, 0.717) is 18.4 Å². The molecule has 5 aromatic rings. The first-order valence-electron chi connectivity index (χ1n) is 21.7. The third-order valence-corrected chi connectivity index (χ3v) is 13.3. The molecule has 9 rings (SSSR count). The number of nitrogens with one attached hydrogen (secondary N) is 3. The van der Waals surface area contributed by atoms with Crippen molar-refractivity contribution in [1.29, 1.82) is 0 Å². The van der Waals surface area contributed by atoms with E-state index in [9.17, 15) is 14.4 Å². The number of carbonyl (C=O) groups excluding carboxylic acids is 3. The summed E-state index contributed by atoms with van der Waals surface area (Å²) < 4.78 is 0. The van der Waals surface area contributed by atoms with Crippen LogP contribution in [0.4, 0.5) is 0 Å². The minimum Gasteiger partial charge on any atom is -0.344 e. The van der Waals surface area contributed by atoms with E-state index in [-0.39, 0.29) is 41.8 Å². The predicted molar refractivity (Wildman–Crippen MR) is 227 cm³/mol. The average Bonchev–Trinajstić information content (AvgIpc) is 3.71. The third-order valence-electron chi connectivity index (χ3n) is 13.3. The Balaban J connectivity index is 0.812. The summed E-state index contributed by atoms with van der Waals surface area (Å²) in [5.41, 5.74) is 6.38. The van der Waals surface area contributed by atoms with Gasteiger partial charge in [0.1, 0.15) is 23.7 Å². The van der Waals surface area contributed by atoms with Gasteiger partial charge in [0.15, 0.2) is 0 Å². The maximum absolute atomic E-state index is 14.1. The summed E-state index contributed by atoms with van der Waals surface area (Å²) in [6.45, 7) is 1.38. The smallest absolute Gasteiger partial charge is 0.250 e. The monoisotopic (exact) mass is 792 g/mol. The van der Waals surface area contributed by atoms with E-state index in [1.54, 1.807) is 0 Å². The van der Waals surface area contributed by atoms with Crippen molar-refractivity contribution in [3.05, 3.63) is 131 Å². The number of carbonyl (C=O) groups is 3. The van der Waals surface area contributed by atoms with Gasteiger partial charge in [-0.05, 0) is 106 Å². The molecule has 3 aromatic carbocycles. The van der Waals surface area contributed by atoms with Gasteiger partial charge in [0.05, 0.1) is 24.0 Å². The van der Waals surface area contributed by atoms with Crippen LogP contribution in [0, 0.1) is 5.92 Å². The molecule has 11 heteroatoms. The minimum atomic E-state index is -0.708. The van der Waals surface area contributed by atoms with Crippen molar-refractivity contribution in [2.45, 2.75) is 100 Å². The number of H-pyrrole nitrogens is 2. The lowest BCUT2D eigenvalue weighted by molar-refractivity contribution is -0.138. The molecule has 2 aliphatic carbocycles. The first-order valence-corrected chi connectivity index (χ1v) is 21.7. The van der Waals surface area contributed by atoms with Crippen LogP contribution in [0.3, 0.4) is 0 Å². The van der Waals surface area contributed by atoms with Gasteiger partial charge in [-0.15, -0.1) is 0 Å². The number of imidazole rings is 2. The summed E-state index contributed by atoms with van der Waals surface area (Å²) in [4.78, 5) is 63.7. The van der Waals surface area contributed by atoms with Crippen molar-refractivity contribution in [3.8, 4) is 11.3 Å². The highest BCUT2D eigenvalue weighted by molar-refractivity contribution is 5.90. The van der Waals surface area contributed by atoms with Crippen molar-refractivity contribution in [2.75, 3.05) is 27.2 Å². The maximum atomic E-state index is 14.1. The van der Waals surface area contributed by atoms with Gasteiger partial charge in [-0.3, -0.25) is 19.3 Å². The number of likely N-dealkylation sites (N-methyl/N-ethyl adjacent to an activating group) is 1. The van der Waals surface area contributed by atoms with Gasteiger partial charge in [-0.1, -0.05) is 84.9 Å². The molecule has 59 heavy (non-hydrogen) atoms. The highest BCUT2D eigenvalue weighted by Crippen LogP contribution is 2.42. The van der Waals surface area contributed by atoms with Gasteiger partial charge in [0.2, 0.25) is 17.7 Å². The summed E-state index contributed by atoms with van der Waals surface area (Å²) in [6.07, 6.45) is 13.7. The van der Waals surface area contributed by atoms with Crippen LogP contribution in [-0.2, 0) is 14.4 Å². The lowest BCUT2D eigenvalue weighted by atomic mass is 9.77. The Labute approximate surface area is 347 Å². The van der Waals surface area contributed by atoms with Crippen LogP contribution in [-0.4, -0.2) is 79.5 Å². The van der Waals surface area contributed by atoms with E-state index >= 15 is 0 Å². The Morgan fingerprint density at radius 2 is 1.24 bits per heavy atom. The van der Waals surface area contributed by atoms with Crippen LogP contribution in [0.2, 0.25) is 0 Å². The van der Waals surface area contributed by atoms with Gasteiger partial charge in [0, 0.05) is 36.8 Å². The molecular formula is C48H56N8O3. The molecule has 2 saturated heterocycles. The molecule has 4 unspecified atom stereocenters. The van der Waals surface area contributed by atoms with Crippen LogP contribution in [0.25, 0.3) is 11.3 Å². The van der Waals surface area contributed by atoms with E-state index in [2.05, 4.69) is 39.6 Å². The number of hydrogen-bond acceptors (Lipinski definition) is 6. The van der Waals surface area contributed by atoms with Crippen molar-refractivity contribution in [1.82, 2.24) is 40.0 Å². The van der Waals surface area contributed by atoms with Crippen molar-refractivity contribution in [2.24, 2.45) is 5.92 Å². The molecule has 4 aliphatic rings. The molecule has 0 spiro atoms. The molecule has 11 nitrogen and oxygen atoms in total. The Bertz CT molecular complexity index is 2220. The van der Waals surface area contributed by atoms with Crippen molar-refractivity contribution < 1.29 is 14.4 Å². The molecule has 4 heterocycles. The van der Waals surface area contributed by atoms with Gasteiger partial charge in [-0.2, -0.15) is 0 Å². The lowest BCUT2D eigenvalue weighted by Gasteiger charge is -2.31. The third kappa shape index (κ3) is 8.22. The fourth-order valence-electron chi connectivity index (χ4n) is 9.84. The molecule has 4 atom stereocenters. The molecule has 306 valence electrons. The summed E-state index contributed by atoms with van der Waals surface area (Å²) >= 11 is 0. The number of likely N-dealkylation sites (tertiary alicyclic amines) is 2. The number of benzene rings is 3. The van der Waals surface area contributed by atoms with Gasteiger partial charge in [0.25, 0.3) is 0 Å². The Kier molecular flexibility index (Phi) is 11.2. The highest BCUT2D eigenvalue weighted by Gasteiger charge is 2.40. The van der Waals surface area contributed by atoms with E-state index in [1.165, 1.54) is 11.3 Å². The quantitative estimate of drug-likeness (QED) is 0.117. The van der Waals surface area contributed by atoms with E-state index < -0.39 is 6.04 Å². The van der Waals surface area contributed by atoms with E-state index in [1.807, 2.05) is 102 Å². The number of hydrogen-bond donors (Lipinski definition) is 3. The van der Waals surface area contributed by atoms with Gasteiger partial charge in [-0.25, -0.2) is 9.97 Å². The van der Waals surface area contributed by atoms with Crippen LogP contribution in [0.5, 0.6) is 0 Å². The van der Waals surface area contributed by atoms with Crippen LogP contribution in [0.15, 0.2) is 97.3 Å². The molecule has 2 aliphatic heterocycles. The zero-order valence-corrected chi connectivity index (χ0v) is 34.2. The van der Waals surface area contributed by atoms with Crippen LogP contribution < -0.4 is 5.32 Å². The summed E-state index contributed by atoms with van der Waals surface area (Å²) in [5, 5.41) is 3.07. The summed E-state index contributed by atoms with van der Waals surface area (Å²) in [6, 6.07) is 27.3. The number of amides is 3. The van der Waals surface area contributed by atoms with E-state index in [4.69, 9.17) is 9.97 Å². The van der Waals surface area contributed by atoms with Crippen LogP contribution in [0.1, 0.15) is 134 Å².